The summed E-state index contributed by atoms with van der Waals surface area (Å²) in [6.07, 6.45) is 1.72. The van der Waals surface area contributed by atoms with Gasteiger partial charge in [-0.3, -0.25) is 4.79 Å². The van der Waals surface area contributed by atoms with E-state index in [4.69, 9.17) is 9.47 Å². The molecule has 8 heteroatoms. The van der Waals surface area contributed by atoms with Crippen LogP contribution in [0.15, 0.2) is 30.5 Å². The summed E-state index contributed by atoms with van der Waals surface area (Å²) >= 11 is 0. The summed E-state index contributed by atoms with van der Waals surface area (Å²) in [6, 6.07) is 7.46. The van der Waals surface area contributed by atoms with Gasteiger partial charge in [-0.25, -0.2) is 9.97 Å². The van der Waals surface area contributed by atoms with Crippen molar-refractivity contribution in [3.05, 3.63) is 47.4 Å². The highest BCUT2D eigenvalue weighted by atomic mass is 16.7. The number of fused-ring (bicyclic) bond motifs is 2. The summed E-state index contributed by atoms with van der Waals surface area (Å²) in [4.78, 5) is 21.3. The summed E-state index contributed by atoms with van der Waals surface area (Å²) in [6.45, 7) is 5.63. The number of hydrogen-bond donors (Lipinski definition) is 2. The lowest BCUT2D eigenvalue weighted by Gasteiger charge is -2.17. The number of carbonyl (C=O) groups excluding carboxylic acids is 1. The lowest BCUT2D eigenvalue weighted by molar-refractivity contribution is 0.0926. The van der Waals surface area contributed by atoms with E-state index in [9.17, 15) is 4.79 Å². The molecule has 1 amide bonds. The van der Waals surface area contributed by atoms with E-state index in [-0.39, 0.29) is 12.7 Å². The second-order valence-electron chi connectivity index (χ2n) is 6.80. The van der Waals surface area contributed by atoms with E-state index in [1.54, 1.807) is 6.20 Å². The van der Waals surface area contributed by atoms with Gasteiger partial charge < -0.3 is 24.7 Å². The summed E-state index contributed by atoms with van der Waals surface area (Å²) in [7, 11) is 0. The zero-order chi connectivity index (χ0) is 19.3. The van der Waals surface area contributed by atoms with E-state index in [2.05, 4.69) is 25.2 Å². The molecule has 0 radical (unpaired) electrons. The maximum atomic E-state index is 12.3. The van der Waals surface area contributed by atoms with Crippen molar-refractivity contribution in [3.63, 3.8) is 0 Å². The molecule has 0 unspecified atom stereocenters. The SMILES string of the molecule is Cc1c(-c2ccnc(Nc3ccc4c(c3)OCO4)n2)c(C)n2c1C(=O)NCC2. The molecule has 5 rings (SSSR count). The van der Waals surface area contributed by atoms with Gasteiger partial charge >= 0.3 is 0 Å². The van der Waals surface area contributed by atoms with Crippen molar-refractivity contribution in [1.29, 1.82) is 0 Å². The lowest BCUT2D eigenvalue weighted by atomic mass is 10.1. The van der Waals surface area contributed by atoms with E-state index in [0.29, 0.717) is 23.9 Å². The molecule has 0 aliphatic carbocycles. The molecule has 0 bridgehead atoms. The average molecular weight is 377 g/mol. The third-order valence-corrected chi connectivity index (χ3v) is 5.14. The average Bonchev–Trinajstić information content (AvgIpc) is 3.25. The Bertz CT molecular complexity index is 1110. The molecule has 8 nitrogen and oxygen atoms in total. The Kier molecular flexibility index (Phi) is 3.71. The van der Waals surface area contributed by atoms with Crippen molar-refractivity contribution in [2.24, 2.45) is 0 Å². The van der Waals surface area contributed by atoms with Crippen LogP contribution in [-0.4, -0.2) is 33.8 Å². The number of hydrogen-bond acceptors (Lipinski definition) is 6. The van der Waals surface area contributed by atoms with Crippen LogP contribution < -0.4 is 20.1 Å². The van der Waals surface area contributed by atoms with Crippen molar-refractivity contribution in [2.45, 2.75) is 20.4 Å². The third-order valence-electron chi connectivity index (χ3n) is 5.14. The first kappa shape index (κ1) is 16.6. The molecule has 142 valence electrons. The Balaban J connectivity index is 1.51. The maximum absolute atomic E-state index is 12.3. The highest BCUT2D eigenvalue weighted by molar-refractivity contribution is 5.97. The first-order valence-corrected chi connectivity index (χ1v) is 9.10. The van der Waals surface area contributed by atoms with E-state index >= 15 is 0 Å². The standard InChI is InChI=1S/C20H19N5O3/c1-11-17(12(2)25-8-7-21-19(26)18(11)25)14-5-6-22-20(24-14)23-13-3-4-15-16(9-13)28-10-27-15/h3-6,9H,7-8,10H2,1-2H3,(H,21,26)(H,22,23,24). The molecule has 0 fully saturated rings. The minimum absolute atomic E-state index is 0.0362. The van der Waals surface area contributed by atoms with Gasteiger partial charge in [0.15, 0.2) is 11.5 Å². The number of nitrogens with one attached hydrogen (secondary N) is 2. The molecule has 4 heterocycles. The van der Waals surface area contributed by atoms with Crippen molar-refractivity contribution in [2.75, 3.05) is 18.7 Å². The molecule has 2 aromatic heterocycles. The number of carbonyl (C=O) groups is 1. The van der Waals surface area contributed by atoms with Crippen LogP contribution in [-0.2, 0) is 6.54 Å². The second kappa shape index (κ2) is 6.26. The zero-order valence-corrected chi connectivity index (χ0v) is 15.6. The van der Waals surface area contributed by atoms with Gasteiger partial charge in [0.1, 0.15) is 5.69 Å². The molecule has 2 aliphatic heterocycles. The molecule has 0 saturated heterocycles. The first-order valence-electron chi connectivity index (χ1n) is 9.10. The lowest BCUT2D eigenvalue weighted by Crippen LogP contribution is -2.35. The fraction of sp³-hybridized carbons (Fsp3) is 0.250. The van der Waals surface area contributed by atoms with Crippen LogP contribution >= 0.6 is 0 Å². The second-order valence-corrected chi connectivity index (χ2v) is 6.80. The molecule has 2 aliphatic rings. The molecule has 28 heavy (non-hydrogen) atoms. The highest BCUT2D eigenvalue weighted by Gasteiger charge is 2.26. The van der Waals surface area contributed by atoms with Crippen LogP contribution in [0.1, 0.15) is 21.7 Å². The number of aromatic nitrogens is 3. The van der Waals surface area contributed by atoms with Crippen LogP contribution in [0.5, 0.6) is 11.5 Å². The van der Waals surface area contributed by atoms with Gasteiger partial charge in [0.2, 0.25) is 12.7 Å². The molecular formula is C20H19N5O3. The Morgan fingerprint density at radius 2 is 2.04 bits per heavy atom. The van der Waals surface area contributed by atoms with Crippen molar-refractivity contribution >= 4 is 17.5 Å². The van der Waals surface area contributed by atoms with Crippen molar-refractivity contribution in [1.82, 2.24) is 19.9 Å². The zero-order valence-electron chi connectivity index (χ0n) is 15.6. The number of ether oxygens (including phenoxy) is 2. The topological polar surface area (TPSA) is 90.3 Å². The summed E-state index contributed by atoms with van der Waals surface area (Å²) < 4.78 is 12.8. The fourth-order valence-electron chi connectivity index (χ4n) is 3.87. The maximum Gasteiger partial charge on any atom is 0.268 e. The molecule has 0 atom stereocenters. The third kappa shape index (κ3) is 2.57. The number of benzene rings is 1. The van der Waals surface area contributed by atoms with Crippen LogP contribution in [0.3, 0.4) is 0 Å². The molecule has 0 saturated carbocycles. The summed E-state index contributed by atoms with van der Waals surface area (Å²) in [5, 5.41) is 6.12. The summed E-state index contributed by atoms with van der Waals surface area (Å²) in [5.74, 6) is 1.86. The minimum Gasteiger partial charge on any atom is -0.454 e. The number of amides is 1. The molecular weight excluding hydrogens is 358 g/mol. The van der Waals surface area contributed by atoms with Gasteiger partial charge in [-0.2, -0.15) is 0 Å². The minimum atomic E-state index is -0.0362. The van der Waals surface area contributed by atoms with Crippen LogP contribution in [0.4, 0.5) is 11.6 Å². The predicted octanol–water partition coefficient (Wildman–Crippen LogP) is 2.78. The van der Waals surface area contributed by atoms with Crippen LogP contribution in [0.25, 0.3) is 11.3 Å². The largest absolute Gasteiger partial charge is 0.454 e. The molecule has 1 aromatic carbocycles. The molecule has 0 spiro atoms. The molecule has 2 N–H and O–H groups in total. The quantitative estimate of drug-likeness (QED) is 0.729. The number of rotatable bonds is 3. The van der Waals surface area contributed by atoms with E-state index in [1.165, 1.54) is 0 Å². The van der Waals surface area contributed by atoms with Crippen molar-refractivity contribution in [3.8, 4) is 22.8 Å². The van der Waals surface area contributed by atoms with Gasteiger partial charge in [-0.05, 0) is 37.6 Å². The van der Waals surface area contributed by atoms with E-state index < -0.39 is 0 Å². The fourth-order valence-corrected chi connectivity index (χ4v) is 3.87. The molecule has 3 aromatic rings. The van der Waals surface area contributed by atoms with Gasteiger partial charge in [0, 0.05) is 42.3 Å². The van der Waals surface area contributed by atoms with Crippen molar-refractivity contribution < 1.29 is 14.3 Å². The predicted molar refractivity (Wildman–Crippen MR) is 103 cm³/mol. The highest BCUT2D eigenvalue weighted by Crippen LogP contribution is 2.35. The van der Waals surface area contributed by atoms with Gasteiger partial charge in [-0.1, -0.05) is 0 Å². The number of anilines is 2. The van der Waals surface area contributed by atoms with Gasteiger partial charge in [0.25, 0.3) is 5.91 Å². The summed E-state index contributed by atoms with van der Waals surface area (Å²) in [5.41, 5.74) is 5.25. The smallest absolute Gasteiger partial charge is 0.268 e. The Labute approximate surface area is 161 Å². The number of nitrogens with zero attached hydrogens (tertiary/aromatic N) is 3. The van der Waals surface area contributed by atoms with Crippen LogP contribution in [0, 0.1) is 13.8 Å². The van der Waals surface area contributed by atoms with E-state index in [1.807, 2.05) is 38.1 Å². The van der Waals surface area contributed by atoms with E-state index in [0.717, 1.165) is 40.5 Å². The normalized spacial score (nSPS) is 14.6. The Morgan fingerprint density at radius 3 is 2.89 bits per heavy atom. The first-order chi connectivity index (χ1) is 13.6. The Hall–Kier alpha value is -3.55. The van der Waals surface area contributed by atoms with Gasteiger partial charge in [0.05, 0.1) is 5.69 Å². The van der Waals surface area contributed by atoms with Crippen LogP contribution in [0.2, 0.25) is 0 Å². The van der Waals surface area contributed by atoms with Gasteiger partial charge in [-0.15, -0.1) is 0 Å². The monoisotopic (exact) mass is 377 g/mol. The Morgan fingerprint density at radius 1 is 1.18 bits per heavy atom.